The summed E-state index contributed by atoms with van der Waals surface area (Å²) in [6.45, 7) is 0.624. The Morgan fingerprint density at radius 3 is 2.76 bits per heavy atom. The highest BCUT2D eigenvalue weighted by Crippen LogP contribution is 2.29. The van der Waals surface area contributed by atoms with Crippen molar-refractivity contribution in [3.05, 3.63) is 34.5 Å². The number of hydrogen-bond donors (Lipinski definition) is 2. The molecular formula is C15H18N2O3S. The first-order valence-corrected chi connectivity index (χ1v) is 8.07. The predicted molar refractivity (Wildman–Crippen MR) is 80.1 cm³/mol. The van der Waals surface area contributed by atoms with Crippen molar-refractivity contribution in [2.24, 2.45) is 5.92 Å². The van der Waals surface area contributed by atoms with Gasteiger partial charge < -0.3 is 15.3 Å². The van der Waals surface area contributed by atoms with Crippen molar-refractivity contribution in [2.75, 3.05) is 0 Å². The second kappa shape index (κ2) is 5.89. The fourth-order valence-corrected chi connectivity index (χ4v) is 3.22. The van der Waals surface area contributed by atoms with E-state index in [0.717, 1.165) is 18.4 Å². The molecule has 2 aliphatic rings. The van der Waals surface area contributed by atoms with Gasteiger partial charge in [0.2, 0.25) is 0 Å². The van der Waals surface area contributed by atoms with Crippen molar-refractivity contribution in [3.8, 4) is 0 Å². The molecule has 112 valence electrons. The van der Waals surface area contributed by atoms with Crippen LogP contribution in [0.15, 0.2) is 29.0 Å². The molecule has 0 saturated heterocycles. The number of amides is 2. The van der Waals surface area contributed by atoms with Crippen molar-refractivity contribution in [1.29, 1.82) is 0 Å². The summed E-state index contributed by atoms with van der Waals surface area (Å²) in [6.07, 6.45) is 5.99. The van der Waals surface area contributed by atoms with Gasteiger partial charge in [-0.25, -0.2) is 4.79 Å². The Balaban J connectivity index is 1.58. The lowest BCUT2D eigenvalue weighted by atomic mass is 10.1. The largest absolute Gasteiger partial charge is 0.481 e. The second-order valence-corrected chi connectivity index (χ2v) is 6.39. The van der Waals surface area contributed by atoms with E-state index in [1.165, 1.54) is 0 Å². The van der Waals surface area contributed by atoms with E-state index in [2.05, 4.69) is 10.7 Å². The van der Waals surface area contributed by atoms with Crippen LogP contribution in [0.2, 0.25) is 0 Å². The van der Waals surface area contributed by atoms with E-state index in [1.807, 2.05) is 16.3 Å². The number of carboxylic acids is 1. The van der Waals surface area contributed by atoms with Gasteiger partial charge in [0.15, 0.2) is 0 Å². The first-order chi connectivity index (χ1) is 10.1. The third kappa shape index (κ3) is 3.44. The summed E-state index contributed by atoms with van der Waals surface area (Å²) < 4.78 is 0. The van der Waals surface area contributed by atoms with Gasteiger partial charge in [0.25, 0.3) is 0 Å². The summed E-state index contributed by atoms with van der Waals surface area (Å²) in [4.78, 5) is 25.2. The minimum absolute atomic E-state index is 0.0932. The molecule has 1 heterocycles. The van der Waals surface area contributed by atoms with Gasteiger partial charge in [-0.2, -0.15) is 11.3 Å². The number of urea groups is 1. The smallest absolute Gasteiger partial charge is 0.318 e. The minimum atomic E-state index is -0.833. The number of nitrogens with zero attached hydrogens (tertiary/aromatic N) is 1. The van der Waals surface area contributed by atoms with E-state index in [0.29, 0.717) is 19.0 Å². The molecule has 2 atom stereocenters. The average Bonchev–Trinajstić information content (AvgIpc) is 2.97. The van der Waals surface area contributed by atoms with Crippen LogP contribution in [0.25, 0.3) is 0 Å². The maximum absolute atomic E-state index is 12.4. The molecular weight excluding hydrogens is 288 g/mol. The van der Waals surface area contributed by atoms with Gasteiger partial charge in [0, 0.05) is 12.6 Å². The van der Waals surface area contributed by atoms with Gasteiger partial charge >= 0.3 is 12.0 Å². The Kier molecular flexibility index (Phi) is 3.96. The highest BCUT2D eigenvalue weighted by atomic mass is 32.1. The van der Waals surface area contributed by atoms with Crippen LogP contribution in [0, 0.1) is 5.92 Å². The Morgan fingerprint density at radius 2 is 2.19 bits per heavy atom. The molecule has 5 nitrogen and oxygen atoms in total. The maximum Gasteiger partial charge on any atom is 0.318 e. The van der Waals surface area contributed by atoms with Crippen LogP contribution in [-0.4, -0.2) is 34.1 Å². The van der Waals surface area contributed by atoms with E-state index in [4.69, 9.17) is 5.11 Å². The first-order valence-electron chi connectivity index (χ1n) is 7.13. The number of carbonyl (C=O) groups excluding carboxylic acids is 1. The zero-order valence-corrected chi connectivity index (χ0v) is 12.4. The molecule has 1 saturated carbocycles. The van der Waals surface area contributed by atoms with Crippen LogP contribution >= 0.6 is 11.3 Å². The topological polar surface area (TPSA) is 69.6 Å². The van der Waals surface area contributed by atoms with Crippen LogP contribution in [0.3, 0.4) is 0 Å². The van der Waals surface area contributed by atoms with Crippen LogP contribution < -0.4 is 5.32 Å². The zero-order chi connectivity index (χ0) is 14.8. The summed E-state index contributed by atoms with van der Waals surface area (Å²) in [7, 11) is 0. The van der Waals surface area contributed by atoms with Crippen molar-refractivity contribution in [1.82, 2.24) is 10.2 Å². The Bertz CT molecular complexity index is 551. The van der Waals surface area contributed by atoms with Crippen molar-refractivity contribution < 1.29 is 14.7 Å². The maximum atomic E-state index is 12.4. The molecule has 2 amide bonds. The van der Waals surface area contributed by atoms with E-state index >= 15 is 0 Å². The van der Waals surface area contributed by atoms with Crippen LogP contribution in [-0.2, 0) is 11.3 Å². The molecule has 0 spiro atoms. The number of rotatable bonds is 5. The first kappa shape index (κ1) is 14.1. The van der Waals surface area contributed by atoms with Crippen LogP contribution in [0.5, 0.6) is 0 Å². The number of carbonyl (C=O) groups is 2. The molecule has 0 radical (unpaired) electrons. The molecule has 2 unspecified atom stereocenters. The van der Waals surface area contributed by atoms with E-state index < -0.39 is 11.9 Å². The molecule has 2 aliphatic carbocycles. The molecule has 6 heteroatoms. The predicted octanol–water partition coefficient (Wildman–Crippen LogP) is 2.45. The monoisotopic (exact) mass is 306 g/mol. The number of carboxylic acid groups (broad SMARTS) is 1. The Morgan fingerprint density at radius 1 is 1.38 bits per heavy atom. The summed E-state index contributed by atoms with van der Waals surface area (Å²) in [5.74, 6) is -1.32. The Labute approximate surface area is 127 Å². The number of thiophene rings is 1. The van der Waals surface area contributed by atoms with E-state index in [-0.39, 0.29) is 12.1 Å². The normalized spacial score (nSPS) is 24.0. The third-order valence-electron chi connectivity index (χ3n) is 3.89. The number of aliphatic carboxylic acids is 1. The molecule has 21 heavy (non-hydrogen) atoms. The molecule has 0 bridgehead atoms. The van der Waals surface area contributed by atoms with Crippen molar-refractivity contribution in [2.45, 2.75) is 37.9 Å². The van der Waals surface area contributed by atoms with Gasteiger partial charge in [-0.3, -0.25) is 4.79 Å². The second-order valence-electron chi connectivity index (χ2n) is 5.61. The SMILES string of the molecule is O=C(O)C1C=CC(NC(=O)N(Cc2ccsc2)C2CC2)C1. The summed E-state index contributed by atoms with van der Waals surface area (Å²) >= 11 is 1.63. The summed E-state index contributed by atoms with van der Waals surface area (Å²) in [5.41, 5.74) is 1.15. The van der Waals surface area contributed by atoms with Crippen molar-refractivity contribution in [3.63, 3.8) is 0 Å². The van der Waals surface area contributed by atoms with Gasteiger partial charge in [0.05, 0.1) is 12.0 Å². The molecule has 2 N–H and O–H groups in total. The quantitative estimate of drug-likeness (QED) is 0.821. The van der Waals surface area contributed by atoms with Gasteiger partial charge in [-0.15, -0.1) is 0 Å². The minimum Gasteiger partial charge on any atom is -0.481 e. The lowest BCUT2D eigenvalue weighted by Crippen LogP contribution is -2.44. The van der Waals surface area contributed by atoms with E-state index in [1.54, 1.807) is 23.5 Å². The molecule has 3 rings (SSSR count). The van der Waals surface area contributed by atoms with Crippen LogP contribution in [0.4, 0.5) is 4.79 Å². The summed E-state index contributed by atoms with van der Waals surface area (Å²) in [5, 5.41) is 16.0. The highest BCUT2D eigenvalue weighted by molar-refractivity contribution is 7.07. The average molecular weight is 306 g/mol. The Hall–Kier alpha value is -1.82. The molecule has 0 aromatic carbocycles. The third-order valence-corrected chi connectivity index (χ3v) is 4.62. The van der Waals surface area contributed by atoms with Crippen molar-refractivity contribution >= 4 is 23.3 Å². The van der Waals surface area contributed by atoms with E-state index in [9.17, 15) is 9.59 Å². The zero-order valence-electron chi connectivity index (χ0n) is 11.6. The summed E-state index contributed by atoms with van der Waals surface area (Å²) in [6, 6.07) is 2.08. The fraction of sp³-hybridized carbons (Fsp3) is 0.467. The number of nitrogens with one attached hydrogen (secondary N) is 1. The lowest BCUT2D eigenvalue weighted by molar-refractivity contribution is -0.140. The molecule has 1 aromatic heterocycles. The van der Waals surface area contributed by atoms with Gasteiger partial charge in [0.1, 0.15) is 0 Å². The standard InChI is InChI=1S/C15H18N2O3S/c18-14(19)11-1-2-12(7-11)16-15(20)17(13-3-4-13)8-10-5-6-21-9-10/h1-2,5-6,9,11-13H,3-4,7-8H2,(H,16,20)(H,18,19). The lowest BCUT2D eigenvalue weighted by Gasteiger charge is -2.24. The molecule has 1 aromatic rings. The molecule has 1 fully saturated rings. The fourth-order valence-electron chi connectivity index (χ4n) is 2.56. The van der Waals surface area contributed by atoms with Gasteiger partial charge in [-0.1, -0.05) is 12.2 Å². The van der Waals surface area contributed by atoms with Crippen LogP contribution in [0.1, 0.15) is 24.8 Å². The van der Waals surface area contributed by atoms with Gasteiger partial charge in [-0.05, 0) is 41.7 Å². The number of hydrogen-bond acceptors (Lipinski definition) is 3. The highest BCUT2D eigenvalue weighted by Gasteiger charge is 2.34. The molecule has 0 aliphatic heterocycles.